The highest BCUT2D eigenvalue weighted by Gasteiger charge is 2.32. The maximum Gasteiger partial charge on any atom is 0.226 e. The second-order valence-electron chi connectivity index (χ2n) is 7.85. The Bertz CT molecular complexity index is 1050. The summed E-state index contributed by atoms with van der Waals surface area (Å²) in [5.74, 6) is -1.20. The number of H-pyrrole nitrogens is 1. The first kappa shape index (κ1) is 21.9. The Kier molecular flexibility index (Phi) is 6.10. The quantitative estimate of drug-likeness (QED) is 0.352. The monoisotopic (exact) mass is 521 g/mol. The minimum absolute atomic E-state index is 0.0269. The van der Waals surface area contributed by atoms with E-state index in [0.29, 0.717) is 47.8 Å². The molecular formula is C19H22BrF2N3O3S2. The molecule has 1 aromatic heterocycles. The van der Waals surface area contributed by atoms with Gasteiger partial charge in [0.1, 0.15) is 11.6 Å². The van der Waals surface area contributed by atoms with Gasteiger partial charge in [0, 0.05) is 47.0 Å². The Morgan fingerprint density at radius 2 is 2.03 bits per heavy atom. The van der Waals surface area contributed by atoms with Crippen LogP contribution in [-0.2, 0) is 24.2 Å². The fourth-order valence-corrected chi connectivity index (χ4v) is 6.43. The van der Waals surface area contributed by atoms with Crippen LogP contribution in [0, 0.1) is 16.4 Å². The molecule has 0 unspecified atom stereocenters. The van der Waals surface area contributed by atoms with E-state index < -0.39 is 28.1 Å². The zero-order chi connectivity index (χ0) is 21.6. The molecule has 30 heavy (non-hydrogen) atoms. The Labute approximate surface area is 187 Å². The van der Waals surface area contributed by atoms with E-state index in [9.17, 15) is 22.7 Å². The van der Waals surface area contributed by atoms with Crippen molar-refractivity contribution in [2.75, 3.05) is 11.5 Å². The number of amides is 1. The number of carbonyl (C=O) groups is 1. The number of carbonyl (C=O) groups excluding carboxylic acids is 1. The molecule has 2 aliphatic rings. The molecule has 0 radical (unpaired) electrons. The lowest BCUT2D eigenvalue weighted by Gasteiger charge is -2.39. The largest absolute Gasteiger partial charge is 0.353 e. The van der Waals surface area contributed by atoms with Crippen LogP contribution < -0.4 is 5.32 Å². The van der Waals surface area contributed by atoms with Crippen LogP contribution in [0.15, 0.2) is 16.6 Å². The predicted molar refractivity (Wildman–Crippen MR) is 118 cm³/mol. The van der Waals surface area contributed by atoms with E-state index >= 15 is 0 Å². The van der Waals surface area contributed by atoms with Gasteiger partial charge in [-0.25, -0.2) is 8.78 Å². The number of aromatic amines is 1. The standard InChI is InChI=1S/C19H22BrF2N3O3S2/c20-12-1-2-13(21)17(18(12)22)10-7-15-14(24-19(29)25(15)9-10)8-16(26)23-11-3-5-30(27,28)6-4-11/h1-2,10-11,27-28H,3-9H2,(H,23,26)(H,24,29)/t10-/m0/s1. The van der Waals surface area contributed by atoms with Gasteiger partial charge in [-0.05, 0) is 59.5 Å². The average molecular weight is 522 g/mol. The second-order valence-corrected chi connectivity index (χ2v) is 11.5. The number of fused-ring (bicyclic) bond motifs is 1. The first-order chi connectivity index (χ1) is 14.1. The van der Waals surface area contributed by atoms with Gasteiger partial charge < -0.3 is 14.9 Å². The highest BCUT2D eigenvalue weighted by atomic mass is 79.9. The topological polar surface area (TPSA) is 90.3 Å². The van der Waals surface area contributed by atoms with Crippen LogP contribution in [0.5, 0.6) is 0 Å². The third kappa shape index (κ3) is 4.36. The average Bonchev–Trinajstić information content (AvgIpc) is 3.22. The number of nitrogens with zero attached hydrogens (tertiary/aromatic N) is 1. The zero-order valence-corrected chi connectivity index (χ0v) is 19.2. The van der Waals surface area contributed by atoms with Crippen LogP contribution >= 0.6 is 38.7 Å². The molecule has 1 amide bonds. The number of nitrogens with one attached hydrogen (secondary N) is 2. The molecule has 3 heterocycles. The van der Waals surface area contributed by atoms with Crippen molar-refractivity contribution >= 4 is 44.6 Å². The summed E-state index contributed by atoms with van der Waals surface area (Å²) in [5, 5.41) is 2.94. The molecule has 0 spiro atoms. The zero-order valence-electron chi connectivity index (χ0n) is 16.0. The number of benzene rings is 1. The molecule has 4 rings (SSSR count). The molecule has 11 heteroatoms. The van der Waals surface area contributed by atoms with E-state index in [1.54, 1.807) is 4.57 Å². The Balaban J connectivity index is 1.47. The molecule has 1 saturated heterocycles. The summed E-state index contributed by atoms with van der Waals surface area (Å²) in [6.45, 7) is 0.344. The van der Waals surface area contributed by atoms with Crippen LogP contribution in [0.25, 0.3) is 0 Å². The highest BCUT2D eigenvalue weighted by Crippen LogP contribution is 2.44. The van der Waals surface area contributed by atoms with Gasteiger partial charge in [0.25, 0.3) is 0 Å². The summed E-state index contributed by atoms with van der Waals surface area (Å²) in [5.41, 5.74) is 1.46. The summed E-state index contributed by atoms with van der Waals surface area (Å²) in [7, 11) is -2.50. The van der Waals surface area contributed by atoms with Crippen LogP contribution in [0.3, 0.4) is 0 Å². The molecule has 164 valence electrons. The summed E-state index contributed by atoms with van der Waals surface area (Å²) >= 11 is 8.47. The Morgan fingerprint density at radius 1 is 1.33 bits per heavy atom. The van der Waals surface area contributed by atoms with Crippen LogP contribution in [-0.4, -0.2) is 42.1 Å². The molecular weight excluding hydrogens is 500 g/mol. The maximum atomic E-state index is 14.5. The molecule has 2 aliphatic heterocycles. The number of imidazole rings is 1. The molecule has 1 aromatic carbocycles. The van der Waals surface area contributed by atoms with Gasteiger partial charge in [0.05, 0.1) is 10.9 Å². The van der Waals surface area contributed by atoms with Crippen molar-refractivity contribution in [3.63, 3.8) is 0 Å². The summed E-state index contributed by atoms with van der Waals surface area (Å²) in [6.07, 6.45) is 1.52. The third-order valence-electron chi connectivity index (χ3n) is 5.80. The first-order valence-corrected chi connectivity index (χ1v) is 12.7. The minimum atomic E-state index is -2.50. The first-order valence-electron chi connectivity index (χ1n) is 9.61. The SMILES string of the molecule is O=C(Cc1[nH]c(=S)n2c1C[C@H](c1c(F)ccc(Br)c1F)C2)NC1CCS(O)(O)CC1. The Hall–Kier alpha value is -1.27. The third-order valence-corrected chi connectivity index (χ3v) is 8.51. The molecule has 4 N–H and O–H groups in total. The van der Waals surface area contributed by atoms with Gasteiger partial charge in [0.2, 0.25) is 5.91 Å². The fraction of sp³-hybridized carbons (Fsp3) is 0.474. The van der Waals surface area contributed by atoms with E-state index in [1.165, 1.54) is 12.1 Å². The van der Waals surface area contributed by atoms with Crippen molar-refractivity contribution in [3.05, 3.63) is 50.0 Å². The molecule has 2 aromatic rings. The molecule has 0 aliphatic carbocycles. The lowest BCUT2D eigenvalue weighted by Crippen LogP contribution is -2.40. The summed E-state index contributed by atoms with van der Waals surface area (Å²) < 4.78 is 50.7. The smallest absolute Gasteiger partial charge is 0.226 e. The van der Waals surface area contributed by atoms with Crippen molar-refractivity contribution in [3.8, 4) is 0 Å². The van der Waals surface area contributed by atoms with Gasteiger partial charge >= 0.3 is 0 Å². The van der Waals surface area contributed by atoms with Crippen molar-refractivity contribution < 1.29 is 22.7 Å². The van der Waals surface area contributed by atoms with Crippen molar-refractivity contribution in [2.45, 2.75) is 44.2 Å². The molecule has 1 fully saturated rings. The number of aromatic nitrogens is 2. The van der Waals surface area contributed by atoms with E-state index in [4.69, 9.17) is 12.2 Å². The van der Waals surface area contributed by atoms with Crippen molar-refractivity contribution in [2.24, 2.45) is 0 Å². The minimum Gasteiger partial charge on any atom is -0.353 e. The Morgan fingerprint density at radius 3 is 2.73 bits per heavy atom. The van der Waals surface area contributed by atoms with Crippen molar-refractivity contribution in [1.29, 1.82) is 0 Å². The molecule has 6 nitrogen and oxygen atoms in total. The second kappa shape index (κ2) is 8.34. The molecule has 1 atom stereocenters. The number of hydrogen-bond acceptors (Lipinski definition) is 4. The van der Waals surface area contributed by atoms with Crippen molar-refractivity contribution in [1.82, 2.24) is 14.9 Å². The van der Waals surface area contributed by atoms with Gasteiger partial charge in [-0.1, -0.05) is 0 Å². The summed E-state index contributed by atoms with van der Waals surface area (Å²) in [4.78, 5) is 15.6. The van der Waals surface area contributed by atoms with E-state index in [0.717, 1.165) is 5.69 Å². The van der Waals surface area contributed by atoms with Gasteiger partial charge in [-0.15, -0.1) is 0 Å². The van der Waals surface area contributed by atoms with E-state index in [1.807, 2.05) is 0 Å². The van der Waals surface area contributed by atoms with Gasteiger partial charge in [0.15, 0.2) is 4.77 Å². The van der Waals surface area contributed by atoms with E-state index in [2.05, 4.69) is 26.2 Å². The number of rotatable bonds is 4. The fourth-order valence-electron chi connectivity index (χ4n) is 4.25. The summed E-state index contributed by atoms with van der Waals surface area (Å²) in [6, 6.07) is 2.49. The van der Waals surface area contributed by atoms with Crippen LogP contribution in [0.2, 0.25) is 0 Å². The highest BCUT2D eigenvalue weighted by molar-refractivity contribution is 9.10. The molecule has 0 bridgehead atoms. The lowest BCUT2D eigenvalue weighted by molar-refractivity contribution is -0.121. The van der Waals surface area contributed by atoms with E-state index in [-0.39, 0.29) is 28.4 Å². The lowest BCUT2D eigenvalue weighted by atomic mass is 9.95. The number of halogens is 3. The van der Waals surface area contributed by atoms with Gasteiger partial charge in [-0.3, -0.25) is 13.9 Å². The predicted octanol–water partition coefficient (Wildman–Crippen LogP) is 4.50. The number of hydrogen-bond donors (Lipinski definition) is 4. The molecule has 0 saturated carbocycles. The van der Waals surface area contributed by atoms with Crippen LogP contribution in [0.1, 0.15) is 35.7 Å². The maximum absolute atomic E-state index is 14.5. The van der Waals surface area contributed by atoms with Crippen LogP contribution in [0.4, 0.5) is 8.78 Å². The normalized spacial score (nSPS) is 22.0. The van der Waals surface area contributed by atoms with Gasteiger partial charge in [-0.2, -0.15) is 10.6 Å².